The Balaban J connectivity index is 1.83. The van der Waals surface area contributed by atoms with Gasteiger partial charge in [0.15, 0.2) is 0 Å². The molecule has 156 valence electrons. The molecule has 1 aliphatic rings. The number of nitrogens with one attached hydrogen (secondary N) is 1. The fraction of sp³-hybridized carbons (Fsp3) is 0.333. The van der Waals surface area contributed by atoms with Gasteiger partial charge in [0.1, 0.15) is 22.9 Å². The molecule has 1 unspecified atom stereocenters. The number of ether oxygens (including phenoxy) is 1. The minimum atomic E-state index is -0.280. The van der Waals surface area contributed by atoms with Crippen LogP contribution in [0.5, 0.6) is 11.5 Å². The molecule has 0 saturated carbocycles. The van der Waals surface area contributed by atoms with Gasteiger partial charge in [-0.3, -0.25) is 9.89 Å². The van der Waals surface area contributed by atoms with Crippen molar-refractivity contribution >= 4 is 5.91 Å². The van der Waals surface area contributed by atoms with Crippen LogP contribution in [-0.2, 0) is 0 Å². The van der Waals surface area contributed by atoms with Crippen molar-refractivity contribution in [1.29, 1.82) is 0 Å². The number of carbonyl (C=O) groups is 1. The molecule has 6 heteroatoms. The average molecular weight is 405 g/mol. The third-order valence-electron chi connectivity index (χ3n) is 5.42. The number of rotatable bonds is 8. The summed E-state index contributed by atoms with van der Waals surface area (Å²) in [6.07, 6.45) is 2.84. The van der Waals surface area contributed by atoms with Gasteiger partial charge < -0.3 is 14.7 Å². The van der Waals surface area contributed by atoms with Crippen molar-refractivity contribution in [3.63, 3.8) is 0 Å². The number of H-pyrrole nitrogens is 1. The summed E-state index contributed by atoms with van der Waals surface area (Å²) in [5.41, 5.74) is 3.51. The zero-order valence-corrected chi connectivity index (χ0v) is 17.4. The molecule has 0 aliphatic carbocycles. The second-order valence-electron chi connectivity index (χ2n) is 7.55. The summed E-state index contributed by atoms with van der Waals surface area (Å²) in [5, 5.41) is 17.8. The predicted octanol–water partition coefficient (Wildman–Crippen LogP) is 4.92. The summed E-state index contributed by atoms with van der Waals surface area (Å²) in [5.74, 6) is 0.876. The van der Waals surface area contributed by atoms with E-state index in [1.165, 1.54) is 0 Å². The van der Waals surface area contributed by atoms with Crippen LogP contribution in [-0.4, -0.2) is 39.3 Å². The van der Waals surface area contributed by atoms with Gasteiger partial charge in [0.2, 0.25) is 0 Å². The minimum absolute atomic E-state index is 0.0579. The number of aromatic hydroxyl groups is 1. The van der Waals surface area contributed by atoms with E-state index in [-0.39, 0.29) is 17.7 Å². The summed E-state index contributed by atoms with van der Waals surface area (Å²) in [7, 11) is 0. The number of para-hydroxylation sites is 1. The van der Waals surface area contributed by atoms with Gasteiger partial charge in [-0.25, -0.2) is 0 Å². The average Bonchev–Trinajstić information content (AvgIpc) is 3.30. The van der Waals surface area contributed by atoms with Crippen molar-refractivity contribution < 1.29 is 14.6 Å². The van der Waals surface area contributed by atoms with Crippen LogP contribution in [0.4, 0.5) is 0 Å². The summed E-state index contributed by atoms with van der Waals surface area (Å²) >= 11 is 0. The van der Waals surface area contributed by atoms with Crippen molar-refractivity contribution in [2.75, 3.05) is 13.2 Å². The van der Waals surface area contributed by atoms with E-state index < -0.39 is 0 Å². The van der Waals surface area contributed by atoms with Gasteiger partial charge in [0.25, 0.3) is 5.91 Å². The van der Waals surface area contributed by atoms with Gasteiger partial charge >= 0.3 is 0 Å². The Labute approximate surface area is 176 Å². The lowest BCUT2D eigenvalue weighted by Gasteiger charge is -2.26. The zero-order valence-electron chi connectivity index (χ0n) is 17.4. The summed E-state index contributed by atoms with van der Waals surface area (Å²) < 4.78 is 5.84. The maximum absolute atomic E-state index is 13.2. The molecular formula is C24H27N3O3. The van der Waals surface area contributed by atoms with E-state index in [9.17, 15) is 9.90 Å². The van der Waals surface area contributed by atoms with Crippen LogP contribution in [0.3, 0.4) is 0 Å². The van der Waals surface area contributed by atoms with Gasteiger partial charge in [-0.05, 0) is 42.7 Å². The van der Waals surface area contributed by atoms with E-state index in [4.69, 9.17) is 4.74 Å². The Kier molecular flexibility index (Phi) is 5.74. The maximum atomic E-state index is 13.2. The molecule has 2 N–H and O–H groups in total. The number of aromatic amines is 1. The number of unbranched alkanes of at least 4 members (excludes halogenated alkanes) is 1. The Hall–Kier alpha value is -3.28. The monoisotopic (exact) mass is 405 g/mol. The first-order valence-corrected chi connectivity index (χ1v) is 10.6. The Morgan fingerprint density at radius 2 is 1.97 bits per heavy atom. The highest BCUT2D eigenvalue weighted by molar-refractivity contribution is 6.00. The quantitative estimate of drug-likeness (QED) is 0.558. The summed E-state index contributed by atoms with van der Waals surface area (Å²) in [4.78, 5) is 15.1. The zero-order chi connectivity index (χ0) is 21.1. The lowest BCUT2D eigenvalue weighted by Crippen LogP contribution is -2.30. The lowest BCUT2D eigenvalue weighted by atomic mass is 9.95. The first-order chi connectivity index (χ1) is 14.7. The fourth-order valence-electron chi connectivity index (χ4n) is 3.98. The number of phenols is 1. The van der Waals surface area contributed by atoms with Crippen LogP contribution < -0.4 is 4.74 Å². The number of aromatic nitrogens is 2. The fourth-order valence-corrected chi connectivity index (χ4v) is 3.98. The lowest BCUT2D eigenvalue weighted by molar-refractivity contribution is 0.0741. The molecule has 4 rings (SSSR count). The third-order valence-corrected chi connectivity index (χ3v) is 5.42. The summed E-state index contributed by atoms with van der Waals surface area (Å²) in [6.45, 7) is 5.49. The largest absolute Gasteiger partial charge is 0.507 e. The van der Waals surface area contributed by atoms with Crippen molar-refractivity contribution in [3.05, 3.63) is 65.4 Å². The number of carbonyl (C=O) groups excluding carboxylic acids is 1. The Bertz CT molecular complexity index is 1040. The maximum Gasteiger partial charge on any atom is 0.273 e. The van der Waals surface area contributed by atoms with Gasteiger partial charge in [-0.2, -0.15) is 5.10 Å². The molecule has 0 spiro atoms. The number of hydrogen-bond donors (Lipinski definition) is 2. The molecule has 1 aliphatic heterocycles. The number of amides is 1. The van der Waals surface area contributed by atoms with Crippen LogP contribution in [0.2, 0.25) is 0 Å². The van der Waals surface area contributed by atoms with E-state index in [0.29, 0.717) is 30.1 Å². The molecular weight excluding hydrogens is 378 g/mol. The van der Waals surface area contributed by atoms with Gasteiger partial charge in [0.05, 0.1) is 12.6 Å². The molecule has 1 aromatic heterocycles. The number of fused-ring (bicyclic) bond motifs is 1. The number of benzene rings is 2. The smallest absolute Gasteiger partial charge is 0.273 e. The van der Waals surface area contributed by atoms with Crippen molar-refractivity contribution in [2.24, 2.45) is 0 Å². The highest BCUT2D eigenvalue weighted by Gasteiger charge is 2.42. The van der Waals surface area contributed by atoms with Crippen molar-refractivity contribution in [2.45, 2.75) is 39.2 Å². The van der Waals surface area contributed by atoms with Crippen LogP contribution in [0.15, 0.2) is 48.5 Å². The van der Waals surface area contributed by atoms with E-state index in [2.05, 4.69) is 24.0 Å². The normalized spacial score (nSPS) is 15.5. The van der Waals surface area contributed by atoms with Crippen molar-refractivity contribution in [3.8, 4) is 22.8 Å². The first kappa shape index (κ1) is 20.0. The molecule has 2 aromatic carbocycles. The SMILES string of the molecule is CCCCN1C(=O)c2[nH]nc(-c3ccccc3O)c2C1c1cccc(OCCC)c1. The summed E-state index contributed by atoms with van der Waals surface area (Å²) in [6, 6.07) is 14.7. The molecule has 0 fully saturated rings. The Morgan fingerprint density at radius 3 is 2.73 bits per heavy atom. The number of phenolic OH excluding ortho intramolecular Hbond substituents is 1. The van der Waals surface area contributed by atoms with Gasteiger partial charge in [-0.1, -0.05) is 44.5 Å². The standard InChI is InChI=1S/C24H27N3O3/c1-3-5-13-27-23(16-9-8-10-17(15-16)30-14-4-2)20-21(25-26-22(20)24(27)29)18-11-6-7-12-19(18)28/h6-12,15,23,28H,3-5,13-14H2,1-2H3,(H,25,26). The second-order valence-corrected chi connectivity index (χ2v) is 7.55. The number of nitrogens with zero attached hydrogens (tertiary/aromatic N) is 2. The predicted molar refractivity (Wildman–Crippen MR) is 116 cm³/mol. The van der Waals surface area contributed by atoms with Crippen LogP contribution in [0.1, 0.15) is 60.8 Å². The highest BCUT2D eigenvalue weighted by Crippen LogP contribution is 2.44. The van der Waals surface area contributed by atoms with Crippen LogP contribution in [0, 0.1) is 0 Å². The second kappa shape index (κ2) is 8.61. The number of hydrogen-bond acceptors (Lipinski definition) is 4. The van der Waals surface area contributed by atoms with E-state index in [1.807, 2.05) is 41.3 Å². The van der Waals surface area contributed by atoms with Gasteiger partial charge in [-0.15, -0.1) is 0 Å². The molecule has 6 nitrogen and oxygen atoms in total. The molecule has 1 amide bonds. The molecule has 2 heterocycles. The molecule has 0 saturated heterocycles. The highest BCUT2D eigenvalue weighted by atomic mass is 16.5. The van der Waals surface area contributed by atoms with E-state index in [0.717, 1.165) is 36.1 Å². The molecule has 0 radical (unpaired) electrons. The molecule has 0 bridgehead atoms. The van der Waals surface area contributed by atoms with Crippen LogP contribution in [0.25, 0.3) is 11.3 Å². The van der Waals surface area contributed by atoms with E-state index in [1.54, 1.807) is 12.1 Å². The van der Waals surface area contributed by atoms with Gasteiger partial charge in [0, 0.05) is 17.7 Å². The Morgan fingerprint density at radius 1 is 1.13 bits per heavy atom. The third kappa shape index (κ3) is 3.54. The molecule has 1 atom stereocenters. The van der Waals surface area contributed by atoms with Crippen LogP contribution >= 0.6 is 0 Å². The van der Waals surface area contributed by atoms with Crippen molar-refractivity contribution in [1.82, 2.24) is 15.1 Å². The first-order valence-electron chi connectivity index (χ1n) is 10.6. The molecule has 30 heavy (non-hydrogen) atoms. The topological polar surface area (TPSA) is 78.5 Å². The van der Waals surface area contributed by atoms with E-state index >= 15 is 0 Å². The minimum Gasteiger partial charge on any atom is -0.507 e. The molecule has 3 aromatic rings.